The first-order valence-electron chi connectivity index (χ1n) is 8.59. The molecule has 0 amide bonds. The third kappa shape index (κ3) is 3.71. The molecule has 9 heteroatoms. The van der Waals surface area contributed by atoms with Gasteiger partial charge in [-0.3, -0.25) is 0 Å². The van der Waals surface area contributed by atoms with Gasteiger partial charge < -0.3 is 5.11 Å². The summed E-state index contributed by atoms with van der Waals surface area (Å²) in [6, 6.07) is 7.87. The second-order valence-corrected chi connectivity index (χ2v) is 8.76. The molecule has 2 aromatic rings. The van der Waals surface area contributed by atoms with Crippen LogP contribution in [0.4, 0.5) is 0 Å². The molecule has 0 saturated carbocycles. The minimum atomic E-state index is -3.59. The van der Waals surface area contributed by atoms with Crippen LogP contribution in [0.3, 0.4) is 0 Å². The van der Waals surface area contributed by atoms with E-state index in [1.165, 1.54) is 28.8 Å². The summed E-state index contributed by atoms with van der Waals surface area (Å²) in [6.45, 7) is 2.20. The van der Waals surface area contributed by atoms with Gasteiger partial charge in [-0.15, -0.1) is 0 Å². The molecule has 27 heavy (non-hydrogen) atoms. The van der Waals surface area contributed by atoms with Gasteiger partial charge in [0.2, 0.25) is 0 Å². The van der Waals surface area contributed by atoms with Crippen molar-refractivity contribution in [1.82, 2.24) is 18.6 Å². The van der Waals surface area contributed by atoms with Crippen LogP contribution < -0.4 is 0 Å². The summed E-state index contributed by atoms with van der Waals surface area (Å²) in [5.41, 5.74) is 1.76. The van der Waals surface area contributed by atoms with Crippen LogP contribution in [-0.2, 0) is 10.2 Å². The van der Waals surface area contributed by atoms with Crippen molar-refractivity contribution in [3.05, 3.63) is 47.4 Å². The van der Waals surface area contributed by atoms with E-state index in [4.69, 9.17) is 0 Å². The lowest BCUT2D eigenvalue weighted by Gasteiger charge is -2.26. The topological polar surface area (TPSA) is 104 Å². The number of carbonyl (C=O) groups is 1. The molecule has 2 heterocycles. The Kier molecular flexibility index (Phi) is 5.27. The molecule has 3 rings (SSSR count). The maximum atomic E-state index is 12.6. The van der Waals surface area contributed by atoms with Gasteiger partial charge in [0.15, 0.2) is 0 Å². The Balaban J connectivity index is 2.08. The molecule has 8 nitrogen and oxygen atoms in total. The number of rotatable bonds is 5. The molecular weight excluding hydrogens is 368 g/mol. The number of hydrogen-bond acceptors (Lipinski definition) is 5. The fourth-order valence-corrected chi connectivity index (χ4v) is 4.56. The summed E-state index contributed by atoms with van der Waals surface area (Å²) in [7, 11) is -0.601. The van der Waals surface area contributed by atoms with Crippen LogP contribution in [0.25, 0.3) is 11.3 Å². The Hall–Kier alpha value is -2.36. The van der Waals surface area contributed by atoms with Crippen molar-refractivity contribution in [2.45, 2.75) is 25.8 Å². The van der Waals surface area contributed by atoms with Gasteiger partial charge in [0.05, 0.1) is 17.3 Å². The zero-order chi connectivity index (χ0) is 19.8. The second kappa shape index (κ2) is 7.34. The van der Waals surface area contributed by atoms with Gasteiger partial charge in [-0.25, -0.2) is 14.8 Å². The quantitative estimate of drug-likeness (QED) is 0.838. The molecule has 1 saturated heterocycles. The third-order valence-corrected chi connectivity index (χ3v) is 6.52. The number of carboxylic acids is 1. The summed E-state index contributed by atoms with van der Waals surface area (Å²) in [5.74, 6) is -0.644. The fourth-order valence-electron chi connectivity index (χ4n) is 3.26. The van der Waals surface area contributed by atoms with Gasteiger partial charge in [-0.1, -0.05) is 18.2 Å². The Morgan fingerprint density at radius 2 is 1.96 bits per heavy atom. The first-order valence-corrected chi connectivity index (χ1v) is 9.99. The molecular formula is C18H22N4O4S. The Morgan fingerprint density at radius 1 is 1.26 bits per heavy atom. The van der Waals surface area contributed by atoms with E-state index >= 15 is 0 Å². The number of hydrogen-bond donors (Lipinski definition) is 1. The van der Waals surface area contributed by atoms with Gasteiger partial charge in [-0.05, 0) is 31.9 Å². The Morgan fingerprint density at radius 3 is 2.63 bits per heavy atom. The van der Waals surface area contributed by atoms with E-state index < -0.39 is 22.2 Å². The second-order valence-electron chi connectivity index (χ2n) is 6.66. The number of nitrogens with zero attached hydrogens (tertiary/aromatic N) is 4. The molecule has 0 aliphatic carbocycles. The molecule has 0 spiro atoms. The van der Waals surface area contributed by atoms with Gasteiger partial charge in [-0.2, -0.15) is 17.0 Å². The minimum absolute atomic E-state index is 0.144. The van der Waals surface area contributed by atoms with Crippen LogP contribution in [0.2, 0.25) is 0 Å². The van der Waals surface area contributed by atoms with Crippen LogP contribution >= 0.6 is 0 Å². The van der Waals surface area contributed by atoms with Gasteiger partial charge in [0.25, 0.3) is 10.2 Å². The van der Waals surface area contributed by atoms with E-state index in [1.807, 2.05) is 0 Å². The van der Waals surface area contributed by atoms with Crippen molar-refractivity contribution in [2.75, 3.05) is 20.6 Å². The highest BCUT2D eigenvalue weighted by atomic mass is 32.2. The van der Waals surface area contributed by atoms with Crippen LogP contribution in [0.5, 0.6) is 0 Å². The predicted octanol–water partition coefficient (Wildman–Crippen LogP) is 2.09. The van der Waals surface area contributed by atoms with Crippen LogP contribution in [-0.4, -0.2) is 58.7 Å². The fraction of sp³-hybridized carbons (Fsp3) is 0.389. The maximum Gasteiger partial charge on any atom is 0.336 e. The molecule has 1 fully saturated rings. The lowest BCUT2D eigenvalue weighted by molar-refractivity contribution is 0.0697. The van der Waals surface area contributed by atoms with Crippen molar-refractivity contribution in [3.63, 3.8) is 0 Å². The van der Waals surface area contributed by atoms with Crippen molar-refractivity contribution >= 4 is 16.2 Å². The molecule has 1 aliphatic heterocycles. The minimum Gasteiger partial charge on any atom is -0.478 e. The molecule has 144 valence electrons. The van der Waals surface area contributed by atoms with Crippen molar-refractivity contribution in [2.24, 2.45) is 0 Å². The van der Waals surface area contributed by atoms with Crippen molar-refractivity contribution in [1.29, 1.82) is 0 Å². The summed E-state index contributed by atoms with van der Waals surface area (Å²) in [4.78, 5) is 20.6. The number of benzene rings is 1. The van der Waals surface area contributed by atoms with Gasteiger partial charge in [0.1, 0.15) is 5.82 Å². The Labute approximate surface area is 158 Å². The first-order chi connectivity index (χ1) is 12.7. The van der Waals surface area contributed by atoms with Crippen molar-refractivity contribution < 1.29 is 18.3 Å². The standard InChI is InChI=1S/C18H22N4O4S/c1-12-11-15(13-7-4-5-8-14(13)18(23)24)20-17(19-12)16-9-6-10-22(16)27(25,26)21(2)3/h4-5,7-8,11,16H,6,9-10H2,1-3H3,(H,23,24). The van der Waals surface area contributed by atoms with E-state index in [0.29, 0.717) is 35.7 Å². The summed E-state index contributed by atoms with van der Waals surface area (Å²) in [5, 5.41) is 9.45. The lowest BCUT2D eigenvalue weighted by atomic mass is 10.0. The molecule has 0 bridgehead atoms. The third-order valence-electron chi connectivity index (χ3n) is 4.56. The first kappa shape index (κ1) is 19.4. The highest BCUT2D eigenvalue weighted by molar-refractivity contribution is 7.86. The highest BCUT2D eigenvalue weighted by Gasteiger charge is 2.38. The van der Waals surface area contributed by atoms with E-state index in [9.17, 15) is 18.3 Å². The van der Waals surface area contributed by atoms with Gasteiger partial charge in [0, 0.05) is 31.9 Å². The number of carboxylic acid groups (broad SMARTS) is 1. The monoisotopic (exact) mass is 390 g/mol. The molecule has 1 aliphatic rings. The molecule has 0 radical (unpaired) electrons. The van der Waals surface area contributed by atoms with E-state index in [-0.39, 0.29) is 5.56 Å². The van der Waals surface area contributed by atoms with Crippen LogP contribution in [0.1, 0.15) is 40.8 Å². The number of aromatic nitrogens is 2. The van der Waals surface area contributed by atoms with E-state index in [1.54, 1.807) is 31.2 Å². The average Bonchev–Trinajstić information content (AvgIpc) is 3.11. The predicted molar refractivity (Wildman–Crippen MR) is 100 cm³/mol. The van der Waals surface area contributed by atoms with Crippen LogP contribution in [0, 0.1) is 6.92 Å². The summed E-state index contributed by atoms with van der Waals surface area (Å²) in [6.07, 6.45) is 1.34. The molecule has 1 N–H and O–H groups in total. The maximum absolute atomic E-state index is 12.6. The number of aromatic carboxylic acids is 1. The zero-order valence-electron chi connectivity index (χ0n) is 15.5. The summed E-state index contributed by atoms with van der Waals surface area (Å²) < 4.78 is 27.8. The number of aryl methyl sites for hydroxylation is 1. The molecule has 1 atom stereocenters. The van der Waals surface area contributed by atoms with E-state index in [0.717, 1.165) is 6.42 Å². The molecule has 1 unspecified atom stereocenters. The normalized spacial score (nSPS) is 18.1. The largest absolute Gasteiger partial charge is 0.478 e. The lowest BCUT2D eigenvalue weighted by Crippen LogP contribution is -2.40. The molecule has 1 aromatic heterocycles. The zero-order valence-corrected chi connectivity index (χ0v) is 16.3. The SMILES string of the molecule is Cc1cc(-c2ccccc2C(=O)O)nc(C2CCCN2S(=O)(=O)N(C)C)n1. The van der Waals surface area contributed by atoms with Crippen LogP contribution in [0.15, 0.2) is 30.3 Å². The smallest absolute Gasteiger partial charge is 0.336 e. The van der Waals surface area contributed by atoms with E-state index in [2.05, 4.69) is 9.97 Å². The Bertz CT molecular complexity index is 975. The average molecular weight is 390 g/mol. The molecule has 1 aromatic carbocycles. The summed E-state index contributed by atoms with van der Waals surface area (Å²) >= 11 is 0. The van der Waals surface area contributed by atoms with Gasteiger partial charge >= 0.3 is 5.97 Å². The van der Waals surface area contributed by atoms with Crippen molar-refractivity contribution in [3.8, 4) is 11.3 Å². The highest BCUT2D eigenvalue weighted by Crippen LogP contribution is 2.34.